The van der Waals surface area contributed by atoms with E-state index >= 15 is 0 Å². The number of aryl methyl sites for hydroxylation is 1. The molecule has 1 heterocycles. The third-order valence-corrected chi connectivity index (χ3v) is 7.42. The molecule has 0 aromatic heterocycles. The molecule has 1 aliphatic heterocycles. The maximum atomic E-state index is 13.7. The third-order valence-electron chi connectivity index (χ3n) is 5.51. The van der Waals surface area contributed by atoms with Crippen LogP contribution in [0.2, 0.25) is 0 Å². The van der Waals surface area contributed by atoms with Crippen molar-refractivity contribution in [3.63, 3.8) is 0 Å². The van der Waals surface area contributed by atoms with Crippen molar-refractivity contribution in [2.75, 3.05) is 21.3 Å². The first kappa shape index (κ1) is 23.6. The van der Waals surface area contributed by atoms with E-state index < -0.39 is 28.1 Å². The summed E-state index contributed by atoms with van der Waals surface area (Å²) in [6, 6.07) is 7.95. The molecule has 0 aliphatic carbocycles. The van der Waals surface area contributed by atoms with Crippen LogP contribution in [-0.2, 0) is 14.8 Å². The molecule has 0 bridgehead atoms. The average molecular weight is 462 g/mol. The molecular formula is C23H27NO7S. The summed E-state index contributed by atoms with van der Waals surface area (Å²) >= 11 is 0. The maximum absolute atomic E-state index is 13.7. The highest BCUT2D eigenvalue weighted by Crippen LogP contribution is 2.46. The van der Waals surface area contributed by atoms with Gasteiger partial charge in [-0.2, -0.15) is 4.31 Å². The Morgan fingerprint density at radius 2 is 1.59 bits per heavy atom. The number of carbonyl (C=O) groups is 1. The Balaban J connectivity index is 2.25. The molecule has 2 atom stereocenters. The monoisotopic (exact) mass is 461 g/mol. The largest absolute Gasteiger partial charge is 0.493 e. The van der Waals surface area contributed by atoms with Gasteiger partial charge in [-0.1, -0.05) is 30.7 Å². The van der Waals surface area contributed by atoms with Gasteiger partial charge in [0.15, 0.2) is 11.5 Å². The Labute approximate surface area is 188 Å². The lowest BCUT2D eigenvalue weighted by molar-refractivity contribution is -0.133. The van der Waals surface area contributed by atoms with Crippen molar-refractivity contribution in [3.8, 4) is 17.2 Å². The van der Waals surface area contributed by atoms with Gasteiger partial charge in [0.25, 0.3) is 0 Å². The summed E-state index contributed by atoms with van der Waals surface area (Å²) in [5.41, 5.74) is 1.30. The van der Waals surface area contributed by atoms with Crippen LogP contribution in [0.4, 0.5) is 0 Å². The number of sulfonamides is 1. The number of hydrogen-bond acceptors (Lipinski definition) is 6. The highest BCUT2D eigenvalue weighted by molar-refractivity contribution is 7.89. The van der Waals surface area contributed by atoms with Gasteiger partial charge in [0, 0.05) is 6.04 Å². The van der Waals surface area contributed by atoms with Crippen molar-refractivity contribution in [2.24, 2.45) is 0 Å². The van der Waals surface area contributed by atoms with Gasteiger partial charge in [-0.15, -0.1) is 0 Å². The zero-order valence-electron chi connectivity index (χ0n) is 18.7. The van der Waals surface area contributed by atoms with Gasteiger partial charge in [-0.05, 0) is 43.2 Å². The molecule has 1 N–H and O–H groups in total. The summed E-state index contributed by atoms with van der Waals surface area (Å²) in [5, 5.41) is 9.93. The topological polar surface area (TPSA) is 102 Å². The zero-order valence-corrected chi connectivity index (χ0v) is 19.5. The van der Waals surface area contributed by atoms with E-state index in [1.807, 2.05) is 13.8 Å². The summed E-state index contributed by atoms with van der Waals surface area (Å²) in [7, 11) is 0.315. The Bertz CT molecular complexity index is 1110. The van der Waals surface area contributed by atoms with Crippen LogP contribution in [0.1, 0.15) is 30.5 Å². The van der Waals surface area contributed by atoms with E-state index in [0.717, 1.165) is 5.56 Å². The first-order chi connectivity index (χ1) is 15.2. The summed E-state index contributed by atoms with van der Waals surface area (Å²) in [5.74, 6) is -0.250. The lowest BCUT2D eigenvalue weighted by Gasteiger charge is -2.31. The summed E-state index contributed by atoms with van der Waals surface area (Å²) in [6.07, 6.45) is 1.91. The fraction of sp³-hybridized carbons (Fsp3) is 0.348. The minimum atomic E-state index is -4.03. The molecular weight excluding hydrogens is 434 g/mol. The molecule has 172 valence electrons. The summed E-state index contributed by atoms with van der Waals surface area (Å²) < 4.78 is 44.8. The molecule has 9 heteroatoms. The van der Waals surface area contributed by atoms with Crippen LogP contribution < -0.4 is 14.2 Å². The van der Waals surface area contributed by atoms with Crippen LogP contribution in [0.3, 0.4) is 0 Å². The van der Waals surface area contributed by atoms with Crippen molar-refractivity contribution in [3.05, 3.63) is 59.2 Å². The Morgan fingerprint density at radius 3 is 2.03 bits per heavy atom. The number of methoxy groups -OCH3 is 3. The number of ether oxygens (including phenoxy) is 3. The first-order valence-corrected chi connectivity index (χ1v) is 11.5. The minimum absolute atomic E-state index is 0.0261. The van der Waals surface area contributed by atoms with Gasteiger partial charge >= 0.3 is 5.97 Å². The Kier molecular flexibility index (Phi) is 6.80. The number of carboxylic acids is 1. The quantitative estimate of drug-likeness (QED) is 0.641. The van der Waals surface area contributed by atoms with Gasteiger partial charge in [-0.25, -0.2) is 13.2 Å². The number of hydrogen-bond donors (Lipinski definition) is 1. The lowest BCUT2D eigenvalue weighted by Crippen LogP contribution is -2.38. The van der Waals surface area contributed by atoms with E-state index in [1.165, 1.54) is 43.8 Å². The normalized spacial score (nSPS) is 18.8. The highest BCUT2D eigenvalue weighted by atomic mass is 32.2. The SMILES string of the molecule is CC[C@H]1C=C(C(=O)O)[C@@H](c2cc(OC)c(OC)c(OC)c2)N1S(=O)(=O)c1ccc(C)cc1. The maximum Gasteiger partial charge on any atom is 0.333 e. The smallest absolute Gasteiger partial charge is 0.333 e. The van der Waals surface area contributed by atoms with E-state index in [1.54, 1.807) is 24.3 Å². The van der Waals surface area contributed by atoms with E-state index in [2.05, 4.69) is 0 Å². The molecule has 1 aliphatic rings. The number of rotatable bonds is 8. The second-order valence-corrected chi connectivity index (χ2v) is 9.26. The molecule has 0 saturated heterocycles. The van der Waals surface area contributed by atoms with Gasteiger partial charge in [-0.3, -0.25) is 0 Å². The molecule has 0 amide bonds. The second kappa shape index (κ2) is 9.22. The average Bonchev–Trinajstić information content (AvgIpc) is 3.19. The van der Waals surface area contributed by atoms with E-state index in [4.69, 9.17) is 14.2 Å². The number of benzene rings is 2. The van der Waals surface area contributed by atoms with Crippen LogP contribution in [-0.4, -0.2) is 51.2 Å². The lowest BCUT2D eigenvalue weighted by atomic mass is 10.00. The second-order valence-electron chi connectivity index (χ2n) is 7.41. The van der Waals surface area contributed by atoms with Crippen molar-refractivity contribution in [1.29, 1.82) is 0 Å². The summed E-state index contributed by atoms with van der Waals surface area (Å²) in [4.78, 5) is 12.3. The first-order valence-electron chi connectivity index (χ1n) is 10.0. The molecule has 8 nitrogen and oxygen atoms in total. The zero-order chi connectivity index (χ0) is 23.6. The molecule has 0 unspecified atom stereocenters. The third kappa shape index (κ3) is 4.05. The predicted octanol–water partition coefficient (Wildman–Crippen LogP) is 3.56. The van der Waals surface area contributed by atoms with Crippen molar-refractivity contribution >= 4 is 16.0 Å². The van der Waals surface area contributed by atoms with E-state index in [9.17, 15) is 18.3 Å². The van der Waals surface area contributed by atoms with Crippen LogP contribution in [0.5, 0.6) is 17.2 Å². The molecule has 2 aromatic rings. The van der Waals surface area contributed by atoms with Gasteiger partial charge in [0.2, 0.25) is 15.8 Å². The van der Waals surface area contributed by atoms with Crippen LogP contribution >= 0.6 is 0 Å². The van der Waals surface area contributed by atoms with E-state index in [-0.39, 0.29) is 10.5 Å². The molecule has 0 fully saturated rings. The van der Waals surface area contributed by atoms with E-state index in [0.29, 0.717) is 29.2 Å². The van der Waals surface area contributed by atoms with Crippen LogP contribution in [0.25, 0.3) is 0 Å². The fourth-order valence-corrected chi connectivity index (χ4v) is 5.72. The molecule has 0 spiro atoms. The van der Waals surface area contributed by atoms with Gasteiger partial charge in [0.1, 0.15) is 0 Å². The Hall–Kier alpha value is -3.04. The minimum Gasteiger partial charge on any atom is -0.493 e. The summed E-state index contributed by atoms with van der Waals surface area (Å²) in [6.45, 7) is 3.68. The fourth-order valence-electron chi connectivity index (χ4n) is 3.92. The van der Waals surface area contributed by atoms with Crippen LogP contribution in [0, 0.1) is 6.92 Å². The standard InChI is InChI=1S/C23H27NO7S/c1-6-16-13-18(23(25)26)21(15-11-19(29-3)22(31-5)20(12-15)30-4)24(16)32(27,28)17-9-7-14(2)8-10-17/h7-13,16,21H,6H2,1-5H3,(H,25,26)/t16-,21+/m0/s1. The molecule has 0 saturated carbocycles. The predicted molar refractivity (Wildman–Crippen MR) is 119 cm³/mol. The molecule has 0 radical (unpaired) electrons. The van der Waals surface area contributed by atoms with Crippen molar-refractivity contribution < 1.29 is 32.5 Å². The number of nitrogens with zero attached hydrogens (tertiary/aromatic N) is 1. The molecule has 32 heavy (non-hydrogen) atoms. The Morgan fingerprint density at radius 1 is 1.03 bits per heavy atom. The molecule has 3 rings (SSSR count). The number of carboxylic acid groups (broad SMARTS) is 1. The highest BCUT2D eigenvalue weighted by Gasteiger charge is 2.45. The van der Waals surface area contributed by atoms with Crippen molar-refractivity contribution in [1.82, 2.24) is 4.31 Å². The van der Waals surface area contributed by atoms with Crippen molar-refractivity contribution in [2.45, 2.75) is 37.2 Å². The van der Waals surface area contributed by atoms with Gasteiger partial charge in [0.05, 0.1) is 37.8 Å². The van der Waals surface area contributed by atoms with Gasteiger partial charge < -0.3 is 19.3 Å². The molecule has 2 aromatic carbocycles. The van der Waals surface area contributed by atoms with Crippen LogP contribution in [0.15, 0.2) is 52.9 Å². The number of aliphatic carboxylic acids is 1.